The van der Waals surface area contributed by atoms with Crippen LogP contribution in [-0.2, 0) is 4.79 Å². The van der Waals surface area contributed by atoms with Gasteiger partial charge in [0, 0.05) is 18.5 Å². The van der Waals surface area contributed by atoms with Gasteiger partial charge >= 0.3 is 0 Å². The van der Waals surface area contributed by atoms with Gasteiger partial charge in [0.25, 0.3) is 0 Å². The van der Waals surface area contributed by atoms with Crippen molar-refractivity contribution < 1.29 is 4.79 Å². The zero-order valence-electron chi connectivity index (χ0n) is 14.4. The lowest BCUT2D eigenvalue weighted by Gasteiger charge is -2.32. The molecule has 1 amide bonds. The second kappa shape index (κ2) is 8.05. The predicted molar refractivity (Wildman–Crippen MR) is 86.7 cm³/mol. The Labute approximate surface area is 126 Å². The van der Waals surface area contributed by atoms with Gasteiger partial charge in [-0.05, 0) is 43.9 Å². The van der Waals surface area contributed by atoms with Crippen molar-refractivity contribution in [3.8, 4) is 0 Å². The quantitative estimate of drug-likeness (QED) is 0.621. The molecule has 1 saturated carbocycles. The van der Waals surface area contributed by atoms with Crippen LogP contribution in [0.25, 0.3) is 0 Å². The molecule has 0 aliphatic heterocycles. The van der Waals surface area contributed by atoms with Crippen LogP contribution in [0.1, 0.15) is 79.6 Å². The van der Waals surface area contributed by atoms with E-state index in [1.165, 1.54) is 19.3 Å². The molecular weight excluding hydrogens is 246 g/mol. The molecule has 2 atom stereocenters. The highest BCUT2D eigenvalue weighted by atomic mass is 16.2. The number of unbranched alkanes of at least 4 members (excludes halogenated alkanes) is 2. The molecule has 0 aromatic heterocycles. The summed E-state index contributed by atoms with van der Waals surface area (Å²) in [5.74, 6) is 1.88. The van der Waals surface area contributed by atoms with Crippen molar-refractivity contribution >= 4 is 5.91 Å². The zero-order chi connectivity index (χ0) is 15.2. The van der Waals surface area contributed by atoms with Crippen molar-refractivity contribution in [1.82, 2.24) is 4.90 Å². The molecule has 2 nitrogen and oxygen atoms in total. The molecule has 1 aliphatic rings. The van der Waals surface area contributed by atoms with Crippen molar-refractivity contribution in [1.29, 1.82) is 0 Å². The Bertz CT molecular complexity index is 292. The lowest BCUT2D eigenvalue weighted by atomic mass is 9.83. The second-order valence-electron chi connectivity index (χ2n) is 7.31. The topological polar surface area (TPSA) is 20.3 Å². The number of nitrogens with zero attached hydrogens (tertiary/aromatic N) is 1. The van der Waals surface area contributed by atoms with Crippen LogP contribution in [0.5, 0.6) is 0 Å². The van der Waals surface area contributed by atoms with Crippen molar-refractivity contribution in [3.63, 3.8) is 0 Å². The Kier molecular flexibility index (Phi) is 7.05. The van der Waals surface area contributed by atoms with Gasteiger partial charge in [-0.25, -0.2) is 0 Å². The van der Waals surface area contributed by atoms with E-state index in [1.54, 1.807) is 0 Å². The molecule has 0 saturated heterocycles. The van der Waals surface area contributed by atoms with E-state index in [4.69, 9.17) is 0 Å². The van der Waals surface area contributed by atoms with Crippen LogP contribution < -0.4 is 0 Å². The standard InChI is InChI=1S/C18H35NO/c1-6-8-12-19(13-9-7-2)17(20)18(5)11-10-16(14-18)15(3)4/h15-16H,6-14H2,1-5H3. The molecule has 1 aliphatic carbocycles. The first-order valence-corrected chi connectivity index (χ1v) is 8.74. The monoisotopic (exact) mass is 281 g/mol. The fourth-order valence-corrected chi connectivity index (χ4v) is 3.44. The minimum absolute atomic E-state index is 0.0869. The van der Waals surface area contributed by atoms with E-state index in [-0.39, 0.29) is 5.41 Å². The third-order valence-electron chi connectivity index (χ3n) is 5.09. The molecule has 1 fully saturated rings. The molecule has 2 heteroatoms. The van der Waals surface area contributed by atoms with Crippen LogP contribution in [0.15, 0.2) is 0 Å². The zero-order valence-corrected chi connectivity index (χ0v) is 14.4. The van der Waals surface area contributed by atoms with Crippen LogP contribution >= 0.6 is 0 Å². The highest BCUT2D eigenvalue weighted by molar-refractivity contribution is 5.82. The summed E-state index contributed by atoms with van der Waals surface area (Å²) in [7, 11) is 0. The first-order chi connectivity index (χ1) is 9.44. The van der Waals surface area contributed by atoms with Gasteiger partial charge in [-0.1, -0.05) is 47.5 Å². The maximum Gasteiger partial charge on any atom is 0.228 e. The molecule has 1 rings (SSSR count). The Morgan fingerprint density at radius 2 is 1.75 bits per heavy atom. The summed E-state index contributed by atoms with van der Waals surface area (Å²) < 4.78 is 0. The third kappa shape index (κ3) is 4.49. The van der Waals surface area contributed by atoms with Gasteiger partial charge in [0.1, 0.15) is 0 Å². The van der Waals surface area contributed by atoms with Gasteiger partial charge in [0.15, 0.2) is 0 Å². The maximum atomic E-state index is 13.0. The first-order valence-electron chi connectivity index (χ1n) is 8.74. The number of hydrogen-bond acceptors (Lipinski definition) is 1. The third-order valence-corrected chi connectivity index (χ3v) is 5.09. The van der Waals surface area contributed by atoms with Gasteiger partial charge in [0.05, 0.1) is 0 Å². The highest BCUT2D eigenvalue weighted by Crippen LogP contribution is 2.45. The van der Waals surface area contributed by atoms with Gasteiger partial charge in [-0.15, -0.1) is 0 Å². The summed E-state index contributed by atoms with van der Waals surface area (Å²) in [5.41, 5.74) is -0.0869. The number of rotatable bonds is 8. The van der Waals surface area contributed by atoms with Gasteiger partial charge < -0.3 is 4.90 Å². The summed E-state index contributed by atoms with van der Waals surface area (Å²) in [6.45, 7) is 13.1. The van der Waals surface area contributed by atoms with Crippen LogP contribution in [0.4, 0.5) is 0 Å². The molecule has 0 spiro atoms. The minimum atomic E-state index is -0.0869. The maximum absolute atomic E-state index is 13.0. The summed E-state index contributed by atoms with van der Waals surface area (Å²) in [5, 5.41) is 0. The SMILES string of the molecule is CCCCN(CCCC)C(=O)C1(C)CCC(C(C)C)C1. The molecule has 0 radical (unpaired) electrons. The van der Waals surface area contributed by atoms with E-state index in [9.17, 15) is 4.79 Å². The average Bonchev–Trinajstić information content (AvgIpc) is 2.82. The Morgan fingerprint density at radius 3 is 2.15 bits per heavy atom. The molecule has 0 N–H and O–H groups in total. The number of carbonyl (C=O) groups excluding carboxylic acids is 1. The average molecular weight is 281 g/mol. The van der Waals surface area contributed by atoms with Crippen LogP contribution in [0.3, 0.4) is 0 Å². The fourth-order valence-electron chi connectivity index (χ4n) is 3.44. The molecule has 20 heavy (non-hydrogen) atoms. The van der Waals surface area contributed by atoms with E-state index in [0.29, 0.717) is 11.8 Å². The van der Waals surface area contributed by atoms with Crippen molar-refractivity contribution in [3.05, 3.63) is 0 Å². The molecule has 2 unspecified atom stereocenters. The normalized spacial score (nSPS) is 26.2. The van der Waals surface area contributed by atoms with Crippen molar-refractivity contribution in [2.24, 2.45) is 17.3 Å². The van der Waals surface area contributed by atoms with E-state index >= 15 is 0 Å². The molecule has 0 bridgehead atoms. The second-order valence-corrected chi connectivity index (χ2v) is 7.31. The summed E-state index contributed by atoms with van der Waals surface area (Å²) >= 11 is 0. The Morgan fingerprint density at radius 1 is 1.20 bits per heavy atom. The molecule has 0 heterocycles. The lowest BCUT2D eigenvalue weighted by Crippen LogP contribution is -2.42. The van der Waals surface area contributed by atoms with E-state index in [1.807, 2.05) is 0 Å². The number of carbonyl (C=O) groups is 1. The largest absolute Gasteiger partial charge is 0.342 e. The molecule has 0 aromatic rings. The predicted octanol–water partition coefficient (Wildman–Crippen LogP) is 4.88. The summed E-state index contributed by atoms with van der Waals surface area (Å²) in [4.78, 5) is 15.1. The molecule has 0 aromatic carbocycles. The van der Waals surface area contributed by atoms with Gasteiger partial charge in [-0.2, -0.15) is 0 Å². The Hall–Kier alpha value is -0.530. The number of hydrogen-bond donors (Lipinski definition) is 0. The minimum Gasteiger partial charge on any atom is -0.342 e. The smallest absolute Gasteiger partial charge is 0.228 e. The van der Waals surface area contributed by atoms with Crippen LogP contribution in [0.2, 0.25) is 0 Å². The van der Waals surface area contributed by atoms with E-state index in [0.717, 1.165) is 44.7 Å². The van der Waals surface area contributed by atoms with Crippen molar-refractivity contribution in [2.45, 2.75) is 79.6 Å². The fraction of sp³-hybridized carbons (Fsp3) is 0.944. The Balaban J connectivity index is 2.67. The summed E-state index contributed by atoms with van der Waals surface area (Å²) in [6, 6.07) is 0. The first kappa shape index (κ1) is 17.5. The summed E-state index contributed by atoms with van der Waals surface area (Å²) in [6.07, 6.45) is 8.03. The van der Waals surface area contributed by atoms with Crippen LogP contribution in [0, 0.1) is 17.3 Å². The highest BCUT2D eigenvalue weighted by Gasteiger charge is 2.43. The van der Waals surface area contributed by atoms with Crippen molar-refractivity contribution in [2.75, 3.05) is 13.1 Å². The number of amides is 1. The lowest BCUT2D eigenvalue weighted by molar-refractivity contribution is -0.141. The van der Waals surface area contributed by atoms with Crippen LogP contribution in [-0.4, -0.2) is 23.9 Å². The van der Waals surface area contributed by atoms with Gasteiger partial charge in [-0.3, -0.25) is 4.79 Å². The molecular formula is C18H35NO. The van der Waals surface area contributed by atoms with E-state index < -0.39 is 0 Å². The van der Waals surface area contributed by atoms with Gasteiger partial charge in [0.2, 0.25) is 5.91 Å². The van der Waals surface area contributed by atoms with E-state index in [2.05, 4.69) is 39.5 Å². The molecule has 118 valence electrons.